The van der Waals surface area contributed by atoms with Gasteiger partial charge in [0.1, 0.15) is 16.7 Å². The van der Waals surface area contributed by atoms with Crippen molar-refractivity contribution in [1.82, 2.24) is 29.5 Å². The van der Waals surface area contributed by atoms with Gasteiger partial charge in [0.2, 0.25) is 5.91 Å². The van der Waals surface area contributed by atoms with Crippen molar-refractivity contribution in [2.75, 3.05) is 44.2 Å². The van der Waals surface area contributed by atoms with Crippen LogP contribution in [0.3, 0.4) is 0 Å². The molecular weight excluding hydrogens is 410 g/mol. The average molecular weight is 436 g/mol. The second-order valence-electron chi connectivity index (χ2n) is 7.40. The number of nitrogens with zero attached hydrogens (tertiary/aromatic N) is 7. The molecule has 0 N–H and O–H groups in total. The molecule has 2 saturated heterocycles. The van der Waals surface area contributed by atoms with E-state index in [4.69, 9.17) is 0 Å². The molecule has 2 aromatic rings. The van der Waals surface area contributed by atoms with Crippen LogP contribution in [0.25, 0.3) is 11.0 Å². The molecule has 4 heterocycles. The van der Waals surface area contributed by atoms with Gasteiger partial charge in [-0.05, 0) is 42.1 Å². The summed E-state index contributed by atoms with van der Waals surface area (Å²) in [5.74, 6) is 1.19. The van der Waals surface area contributed by atoms with Crippen LogP contribution in [0.1, 0.15) is 26.2 Å². The van der Waals surface area contributed by atoms with Gasteiger partial charge in [-0.3, -0.25) is 9.69 Å². The normalized spacial score (nSPS) is 20.3. The van der Waals surface area contributed by atoms with Crippen LogP contribution < -0.4 is 4.90 Å². The summed E-state index contributed by atoms with van der Waals surface area (Å²) >= 11 is 3.53. The number of hydrogen-bond donors (Lipinski definition) is 0. The number of amides is 1. The average Bonchev–Trinajstić information content (AvgIpc) is 3.01. The van der Waals surface area contributed by atoms with Crippen LogP contribution in [-0.2, 0) is 11.8 Å². The molecule has 1 amide bonds. The number of aryl methyl sites for hydroxylation is 1. The molecule has 2 aliphatic rings. The standard InChI is InChI=1S/C18H26BrN7O/c1-13(18(27)26-6-4-3-5-7-26)24-8-10-25(11-9-24)17-14-15(19)22-23(2)16(14)20-12-21-17/h12-13H,3-11H2,1-2H3/t13-/m1/s1. The third-order valence-electron chi connectivity index (χ3n) is 5.74. The van der Waals surface area contributed by atoms with Gasteiger partial charge in [0.25, 0.3) is 0 Å². The Labute approximate surface area is 167 Å². The summed E-state index contributed by atoms with van der Waals surface area (Å²) in [4.78, 5) is 28.3. The van der Waals surface area contributed by atoms with Crippen molar-refractivity contribution in [1.29, 1.82) is 0 Å². The summed E-state index contributed by atoms with van der Waals surface area (Å²) in [5.41, 5.74) is 0.822. The molecule has 0 bridgehead atoms. The Hall–Kier alpha value is -1.74. The van der Waals surface area contributed by atoms with Gasteiger partial charge < -0.3 is 9.80 Å². The Morgan fingerprint density at radius 2 is 1.78 bits per heavy atom. The minimum Gasteiger partial charge on any atom is -0.353 e. The molecule has 9 heteroatoms. The van der Waals surface area contributed by atoms with Crippen molar-refractivity contribution >= 4 is 38.7 Å². The number of carbonyl (C=O) groups is 1. The number of carbonyl (C=O) groups excluding carboxylic acids is 1. The number of aromatic nitrogens is 4. The van der Waals surface area contributed by atoms with Crippen LogP contribution in [0.4, 0.5) is 5.82 Å². The molecule has 0 spiro atoms. The Balaban J connectivity index is 1.44. The van der Waals surface area contributed by atoms with E-state index in [1.807, 2.05) is 18.9 Å². The lowest BCUT2D eigenvalue weighted by Crippen LogP contribution is -2.55. The Morgan fingerprint density at radius 1 is 1.07 bits per heavy atom. The predicted molar refractivity (Wildman–Crippen MR) is 108 cm³/mol. The zero-order chi connectivity index (χ0) is 19.0. The zero-order valence-electron chi connectivity index (χ0n) is 15.9. The third-order valence-corrected chi connectivity index (χ3v) is 6.30. The summed E-state index contributed by atoms with van der Waals surface area (Å²) in [6.45, 7) is 7.26. The number of piperidine rings is 1. The monoisotopic (exact) mass is 435 g/mol. The van der Waals surface area contributed by atoms with E-state index in [1.54, 1.807) is 11.0 Å². The highest BCUT2D eigenvalue weighted by atomic mass is 79.9. The smallest absolute Gasteiger partial charge is 0.239 e. The van der Waals surface area contributed by atoms with Gasteiger partial charge in [-0.2, -0.15) is 5.10 Å². The van der Waals surface area contributed by atoms with Crippen LogP contribution in [0.2, 0.25) is 0 Å². The molecule has 0 unspecified atom stereocenters. The van der Waals surface area contributed by atoms with Gasteiger partial charge in [0, 0.05) is 46.3 Å². The van der Waals surface area contributed by atoms with Crippen molar-refractivity contribution in [2.45, 2.75) is 32.2 Å². The number of likely N-dealkylation sites (tertiary alicyclic amines) is 1. The van der Waals surface area contributed by atoms with Crippen LogP contribution in [-0.4, -0.2) is 80.8 Å². The SMILES string of the molecule is C[C@H](C(=O)N1CCCCC1)N1CCN(c2ncnc3c2c(Br)nn3C)CC1. The number of fused-ring (bicyclic) bond motifs is 1. The number of piperazine rings is 1. The maximum atomic E-state index is 12.8. The van der Waals surface area contributed by atoms with Gasteiger partial charge in [0.15, 0.2) is 5.65 Å². The molecule has 0 radical (unpaired) electrons. The highest BCUT2D eigenvalue weighted by Crippen LogP contribution is 2.30. The fraction of sp³-hybridized carbons (Fsp3) is 0.667. The first-order valence-corrected chi connectivity index (χ1v) is 10.5. The first-order chi connectivity index (χ1) is 13.1. The summed E-state index contributed by atoms with van der Waals surface area (Å²) in [6.07, 6.45) is 5.11. The van der Waals surface area contributed by atoms with Crippen molar-refractivity contribution in [3.8, 4) is 0 Å². The van der Waals surface area contributed by atoms with Gasteiger partial charge in [-0.1, -0.05) is 0 Å². The lowest BCUT2D eigenvalue weighted by molar-refractivity contribution is -0.137. The minimum atomic E-state index is -0.0548. The fourth-order valence-electron chi connectivity index (χ4n) is 4.12. The van der Waals surface area contributed by atoms with E-state index < -0.39 is 0 Å². The fourth-order valence-corrected chi connectivity index (χ4v) is 4.71. The number of halogens is 1. The topological polar surface area (TPSA) is 70.4 Å². The van der Waals surface area contributed by atoms with Crippen molar-refractivity contribution in [2.24, 2.45) is 7.05 Å². The third kappa shape index (κ3) is 3.54. The highest BCUT2D eigenvalue weighted by Gasteiger charge is 2.30. The Morgan fingerprint density at radius 3 is 2.48 bits per heavy atom. The van der Waals surface area contributed by atoms with Gasteiger partial charge in [0.05, 0.1) is 11.4 Å². The predicted octanol–water partition coefficient (Wildman–Crippen LogP) is 1.65. The molecule has 0 aliphatic carbocycles. The van der Waals surface area contributed by atoms with Gasteiger partial charge >= 0.3 is 0 Å². The number of hydrogen-bond acceptors (Lipinski definition) is 6. The molecular formula is C18H26BrN7O. The van der Waals surface area contributed by atoms with Crippen molar-refractivity contribution in [3.63, 3.8) is 0 Å². The molecule has 27 heavy (non-hydrogen) atoms. The molecule has 0 aromatic carbocycles. The molecule has 146 valence electrons. The molecule has 1 atom stereocenters. The first-order valence-electron chi connectivity index (χ1n) is 9.67. The van der Waals surface area contributed by atoms with E-state index in [0.717, 1.165) is 73.6 Å². The number of anilines is 1. The summed E-state index contributed by atoms with van der Waals surface area (Å²) in [6, 6.07) is -0.0548. The maximum Gasteiger partial charge on any atom is 0.239 e. The zero-order valence-corrected chi connectivity index (χ0v) is 17.5. The summed E-state index contributed by atoms with van der Waals surface area (Å²) < 4.78 is 2.53. The van der Waals surface area contributed by atoms with Crippen LogP contribution in [0, 0.1) is 0 Å². The van der Waals surface area contributed by atoms with E-state index >= 15 is 0 Å². The molecule has 4 rings (SSSR count). The van der Waals surface area contributed by atoms with E-state index in [-0.39, 0.29) is 11.9 Å². The Kier molecular flexibility index (Phi) is 5.32. The second-order valence-corrected chi connectivity index (χ2v) is 8.15. The number of rotatable bonds is 3. The van der Waals surface area contributed by atoms with E-state index in [0.29, 0.717) is 0 Å². The summed E-state index contributed by atoms with van der Waals surface area (Å²) in [7, 11) is 1.88. The summed E-state index contributed by atoms with van der Waals surface area (Å²) in [5, 5.41) is 5.36. The maximum absolute atomic E-state index is 12.8. The van der Waals surface area contributed by atoms with E-state index in [2.05, 4.69) is 40.8 Å². The van der Waals surface area contributed by atoms with Gasteiger partial charge in [-0.15, -0.1) is 0 Å². The molecule has 2 aromatic heterocycles. The van der Waals surface area contributed by atoms with Crippen LogP contribution >= 0.6 is 15.9 Å². The Bertz CT molecular complexity index is 824. The van der Waals surface area contributed by atoms with Crippen molar-refractivity contribution < 1.29 is 4.79 Å². The molecule has 2 fully saturated rings. The van der Waals surface area contributed by atoms with E-state index in [1.165, 1.54) is 6.42 Å². The second kappa shape index (κ2) is 7.71. The lowest BCUT2D eigenvalue weighted by atomic mass is 10.1. The highest BCUT2D eigenvalue weighted by molar-refractivity contribution is 9.10. The largest absolute Gasteiger partial charge is 0.353 e. The quantitative estimate of drug-likeness (QED) is 0.729. The van der Waals surface area contributed by atoms with Crippen molar-refractivity contribution in [3.05, 3.63) is 10.9 Å². The molecule has 8 nitrogen and oxygen atoms in total. The van der Waals surface area contributed by atoms with Crippen LogP contribution in [0.15, 0.2) is 10.9 Å². The van der Waals surface area contributed by atoms with Gasteiger partial charge in [-0.25, -0.2) is 14.6 Å². The molecule has 2 aliphatic heterocycles. The minimum absolute atomic E-state index is 0.0548. The van der Waals surface area contributed by atoms with E-state index in [9.17, 15) is 4.79 Å². The lowest BCUT2D eigenvalue weighted by Gasteiger charge is -2.40. The van der Waals surface area contributed by atoms with Crippen LogP contribution in [0.5, 0.6) is 0 Å². The first kappa shape index (κ1) is 18.6. The molecule has 0 saturated carbocycles.